The summed E-state index contributed by atoms with van der Waals surface area (Å²) in [5, 5.41) is 1.94. The van der Waals surface area contributed by atoms with Crippen LogP contribution >= 0.6 is 22.9 Å². The van der Waals surface area contributed by atoms with E-state index in [1.54, 1.807) is 11.3 Å². The minimum absolute atomic E-state index is 0.715. The molecule has 0 unspecified atom stereocenters. The maximum Gasteiger partial charge on any atom is 0.147 e. The lowest BCUT2D eigenvalue weighted by Gasteiger charge is -2.36. The standard InChI is InChI=1S/C22H27ClN6S/c1-15-16(2)30-22-19(15)21(25-18(26-22)14-27-8-3-4-9-27)29-12-10-28(11-13-29)20-17(23)6-5-7-24-20/h5-7H,3-4,8-14H2,1-2H3. The molecule has 0 aromatic carbocycles. The highest BCUT2D eigenvalue weighted by atomic mass is 35.5. The number of hydrogen-bond acceptors (Lipinski definition) is 7. The van der Waals surface area contributed by atoms with Crippen LogP contribution in [0.5, 0.6) is 0 Å². The molecule has 2 fully saturated rings. The van der Waals surface area contributed by atoms with E-state index >= 15 is 0 Å². The molecule has 5 heterocycles. The number of rotatable bonds is 4. The summed E-state index contributed by atoms with van der Waals surface area (Å²) < 4.78 is 0. The number of pyridine rings is 1. The van der Waals surface area contributed by atoms with Gasteiger partial charge in [-0.05, 0) is 57.5 Å². The highest BCUT2D eigenvalue weighted by Crippen LogP contribution is 2.36. The fraction of sp³-hybridized carbons (Fsp3) is 0.500. The van der Waals surface area contributed by atoms with E-state index in [1.807, 2.05) is 18.3 Å². The molecule has 0 spiro atoms. The van der Waals surface area contributed by atoms with E-state index in [2.05, 4.69) is 33.5 Å². The second-order valence-electron chi connectivity index (χ2n) is 8.19. The molecule has 0 atom stereocenters. The first kappa shape index (κ1) is 20.0. The Labute approximate surface area is 186 Å². The van der Waals surface area contributed by atoms with E-state index < -0.39 is 0 Å². The molecule has 2 aliphatic rings. The Morgan fingerprint density at radius 2 is 1.67 bits per heavy atom. The minimum atomic E-state index is 0.715. The van der Waals surface area contributed by atoms with Gasteiger partial charge in [0.05, 0.1) is 17.0 Å². The molecule has 158 valence electrons. The molecular formula is C22H27ClN6S. The van der Waals surface area contributed by atoms with E-state index in [9.17, 15) is 0 Å². The molecule has 0 saturated carbocycles. The highest BCUT2D eigenvalue weighted by molar-refractivity contribution is 7.18. The topological polar surface area (TPSA) is 48.4 Å². The SMILES string of the molecule is Cc1sc2nc(CN3CCCC3)nc(N3CCN(c4ncccc4Cl)CC3)c2c1C. The van der Waals surface area contributed by atoms with Gasteiger partial charge in [-0.15, -0.1) is 11.3 Å². The predicted octanol–water partition coefficient (Wildman–Crippen LogP) is 4.28. The van der Waals surface area contributed by atoms with Crippen molar-refractivity contribution < 1.29 is 0 Å². The van der Waals surface area contributed by atoms with Crippen LogP contribution in [-0.2, 0) is 6.54 Å². The van der Waals surface area contributed by atoms with Crippen molar-refractivity contribution in [1.82, 2.24) is 19.9 Å². The summed E-state index contributed by atoms with van der Waals surface area (Å²) in [4.78, 5) is 24.2. The Kier molecular flexibility index (Phi) is 5.52. The number of halogens is 1. The molecule has 3 aromatic rings. The first-order valence-electron chi connectivity index (χ1n) is 10.7. The second kappa shape index (κ2) is 8.29. The van der Waals surface area contributed by atoms with Crippen LogP contribution in [0.1, 0.15) is 29.1 Å². The number of aromatic nitrogens is 3. The van der Waals surface area contributed by atoms with E-state index in [-0.39, 0.29) is 0 Å². The van der Waals surface area contributed by atoms with Crippen LogP contribution < -0.4 is 9.80 Å². The van der Waals surface area contributed by atoms with E-state index in [4.69, 9.17) is 21.6 Å². The first-order chi connectivity index (χ1) is 14.6. The van der Waals surface area contributed by atoms with Crippen LogP contribution in [0.2, 0.25) is 5.02 Å². The van der Waals surface area contributed by atoms with Gasteiger partial charge >= 0.3 is 0 Å². The summed E-state index contributed by atoms with van der Waals surface area (Å²) in [7, 11) is 0. The number of hydrogen-bond donors (Lipinski definition) is 0. The van der Waals surface area contributed by atoms with Gasteiger partial charge in [0, 0.05) is 37.3 Å². The van der Waals surface area contributed by atoms with Crippen molar-refractivity contribution in [2.45, 2.75) is 33.2 Å². The zero-order chi connectivity index (χ0) is 20.7. The number of anilines is 2. The molecule has 6 nitrogen and oxygen atoms in total. The average molecular weight is 443 g/mol. The van der Waals surface area contributed by atoms with Crippen LogP contribution in [0.15, 0.2) is 18.3 Å². The summed E-state index contributed by atoms with van der Waals surface area (Å²) in [6.07, 6.45) is 4.37. The monoisotopic (exact) mass is 442 g/mol. The van der Waals surface area contributed by atoms with Gasteiger partial charge in [-0.2, -0.15) is 0 Å². The molecule has 5 rings (SSSR count). The van der Waals surface area contributed by atoms with Gasteiger partial charge in [0.25, 0.3) is 0 Å². The van der Waals surface area contributed by atoms with Crippen molar-refractivity contribution in [3.8, 4) is 0 Å². The molecule has 0 aliphatic carbocycles. The molecule has 8 heteroatoms. The Balaban J connectivity index is 1.43. The summed E-state index contributed by atoms with van der Waals surface area (Å²) >= 11 is 8.17. The third-order valence-corrected chi connectivity index (χ3v) is 7.63. The van der Waals surface area contributed by atoms with Crippen molar-refractivity contribution in [3.05, 3.63) is 39.6 Å². The number of piperazine rings is 1. The highest BCUT2D eigenvalue weighted by Gasteiger charge is 2.25. The molecule has 0 N–H and O–H groups in total. The third kappa shape index (κ3) is 3.74. The Morgan fingerprint density at radius 3 is 2.37 bits per heavy atom. The predicted molar refractivity (Wildman–Crippen MR) is 125 cm³/mol. The fourth-order valence-electron chi connectivity index (χ4n) is 4.45. The summed E-state index contributed by atoms with van der Waals surface area (Å²) in [6, 6.07) is 3.79. The lowest BCUT2D eigenvalue weighted by molar-refractivity contribution is 0.323. The number of thiophene rings is 1. The molecule has 0 amide bonds. The van der Waals surface area contributed by atoms with Crippen molar-refractivity contribution in [3.63, 3.8) is 0 Å². The van der Waals surface area contributed by atoms with E-state index in [1.165, 1.54) is 28.7 Å². The minimum Gasteiger partial charge on any atom is -0.352 e. The summed E-state index contributed by atoms with van der Waals surface area (Å²) in [5.41, 5.74) is 1.31. The van der Waals surface area contributed by atoms with Crippen molar-refractivity contribution >= 4 is 44.8 Å². The van der Waals surface area contributed by atoms with Crippen LogP contribution in [0.25, 0.3) is 10.2 Å². The maximum atomic E-state index is 6.37. The molecular weight excluding hydrogens is 416 g/mol. The third-order valence-electron chi connectivity index (χ3n) is 6.24. The van der Waals surface area contributed by atoms with Crippen molar-refractivity contribution in [2.75, 3.05) is 49.1 Å². The van der Waals surface area contributed by atoms with Gasteiger partial charge in [0.2, 0.25) is 0 Å². The molecule has 0 radical (unpaired) electrons. The van der Waals surface area contributed by atoms with Crippen molar-refractivity contribution in [1.29, 1.82) is 0 Å². The Hall–Kier alpha value is -1.96. The number of aryl methyl sites for hydroxylation is 2. The molecule has 3 aromatic heterocycles. The summed E-state index contributed by atoms with van der Waals surface area (Å²) in [6.45, 7) is 11.1. The maximum absolute atomic E-state index is 6.37. The summed E-state index contributed by atoms with van der Waals surface area (Å²) in [5.74, 6) is 2.93. The Morgan fingerprint density at radius 1 is 0.967 bits per heavy atom. The fourth-order valence-corrected chi connectivity index (χ4v) is 5.74. The number of fused-ring (bicyclic) bond motifs is 1. The van der Waals surface area contributed by atoms with Crippen LogP contribution in [0.3, 0.4) is 0 Å². The Bertz CT molecular complexity index is 1050. The zero-order valence-electron chi connectivity index (χ0n) is 17.6. The molecule has 2 aliphatic heterocycles. The lowest BCUT2D eigenvalue weighted by atomic mass is 10.2. The van der Waals surface area contributed by atoms with Gasteiger partial charge in [0.1, 0.15) is 22.3 Å². The smallest absolute Gasteiger partial charge is 0.147 e. The first-order valence-corrected chi connectivity index (χ1v) is 11.9. The number of nitrogens with zero attached hydrogens (tertiary/aromatic N) is 6. The largest absolute Gasteiger partial charge is 0.352 e. The van der Waals surface area contributed by atoms with Gasteiger partial charge < -0.3 is 9.80 Å². The van der Waals surface area contributed by atoms with Gasteiger partial charge in [-0.25, -0.2) is 15.0 Å². The second-order valence-corrected chi connectivity index (χ2v) is 9.80. The zero-order valence-corrected chi connectivity index (χ0v) is 19.1. The van der Waals surface area contributed by atoms with Crippen LogP contribution in [0, 0.1) is 13.8 Å². The number of likely N-dealkylation sites (tertiary alicyclic amines) is 1. The van der Waals surface area contributed by atoms with Gasteiger partial charge in [-0.3, -0.25) is 4.90 Å². The van der Waals surface area contributed by atoms with Gasteiger partial charge in [-0.1, -0.05) is 11.6 Å². The van der Waals surface area contributed by atoms with E-state index in [0.29, 0.717) is 5.02 Å². The average Bonchev–Trinajstić information content (AvgIpc) is 3.36. The lowest BCUT2D eigenvalue weighted by Crippen LogP contribution is -2.47. The van der Waals surface area contributed by atoms with E-state index in [0.717, 1.165) is 68.1 Å². The molecule has 2 saturated heterocycles. The van der Waals surface area contributed by atoms with Crippen LogP contribution in [0.4, 0.5) is 11.6 Å². The van der Waals surface area contributed by atoms with Crippen molar-refractivity contribution in [2.24, 2.45) is 0 Å². The molecule has 30 heavy (non-hydrogen) atoms. The normalized spacial score (nSPS) is 18.0. The molecule has 0 bridgehead atoms. The quantitative estimate of drug-likeness (QED) is 0.601. The van der Waals surface area contributed by atoms with Gasteiger partial charge in [0.15, 0.2) is 0 Å². The van der Waals surface area contributed by atoms with Crippen LogP contribution in [-0.4, -0.2) is 59.1 Å².